The second-order valence-electron chi connectivity index (χ2n) is 2.46. The van der Waals surface area contributed by atoms with Crippen LogP contribution in [-0.2, 0) is 0 Å². The molecule has 0 aliphatic rings. The molecule has 1 aromatic rings. The average molecular weight is 287 g/mol. The maximum Gasteiger partial charge on any atom is 0.286 e. The van der Waals surface area contributed by atoms with E-state index in [0.717, 1.165) is 6.07 Å². The SMILES string of the molecule is O=C(N=C=S)c1cc(Br)cc([N+](=O)[O-])c1. The van der Waals surface area contributed by atoms with Crippen LogP contribution in [0.4, 0.5) is 5.69 Å². The van der Waals surface area contributed by atoms with E-state index in [4.69, 9.17) is 0 Å². The molecule has 0 aliphatic heterocycles. The second kappa shape index (κ2) is 4.88. The van der Waals surface area contributed by atoms with Gasteiger partial charge in [0.25, 0.3) is 11.6 Å². The standard InChI is InChI=1S/C8H3BrN2O3S/c9-6-1-5(8(12)10-4-15)2-7(3-6)11(13)14/h1-3H. The van der Waals surface area contributed by atoms with Crippen LogP contribution in [0, 0.1) is 10.1 Å². The summed E-state index contributed by atoms with van der Waals surface area (Å²) in [6.07, 6.45) is 0. The molecule has 0 saturated carbocycles. The van der Waals surface area contributed by atoms with Gasteiger partial charge < -0.3 is 0 Å². The lowest BCUT2D eigenvalue weighted by molar-refractivity contribution is -0.384. The molecule has 1 rings (SSSR count). The molecule has 0 unspecified atom stereocenters. The molecule has 0 aromatic heterocycles. The summed E-state index contributed by atoms with van der Waals surface area (Å²) in [6.45, 7) is 0. The first kappa shape index (κ1) is 11.6. The predicted octanol–water partition coefficient (Wildman–Crippen LogP) is 2.60. The number of aliphatic imine (C=N–C) groups is 1. The van der Waals surface area contributed by atoms with E-state index in [1.165, 1.54) is 12.1 Å². The van der Waals surface area contributed by atoms with Crippen LogP contribution in [0.1, 0.15) is 10.4 Å². The third-order valence-corrected chi connectivity index (χ3v) is 2.04. The van der Waals surface area contributed by atoms with E-state index in [0.29, 0.717) is 4.47 Å². The zero-order valence-corrected chi connectivity index (χ0v) is 9.54. The molecule has 5 nitrogen and oxygen atoms in total. The summed E-state index contributed by atoms with van der Waals surface area (Å²) in [7, 11) is 0. The summed E-state index contributed by atoms with van der Waals surface area (Å²) in [5.74, 6) is -0.658. The zero-order chi connectivity index (χ0) is 11.4. The Morgan fingerprint density at radius 2 is 2.20 bits per heavy atom. The molecule has 0 N–H and O–H groups in total. The third-order valence-electron chi connectivity index (χ3n) is 1.49. The lowest BCUT2D eigenvalue weighted by atomic mass is 10.2. The quantitative estimate of drug-likeness (QED) is 0.363. The van der Waals surface area contributed by atoms with Crippen molar-refractivity contribution in [2.75, 3.05) is 0 Å². The van der Waals surface area contributed by atoms with Crippen LogP contribution >= 0.6 is 28.1 Å². The molecule has 0 heterocycles. The number of benzene rings is 1. The Morgan fingerprint density at radius 3 is 2.73 bits per heavy atom. The highest BCUT2D eigenvalue weighted by molar-refractivity contribution is 9.10. The van der Waals surface area contributed by atoms with Gasteiger partial charge in [0.2, 0.25) is 0 Å². The molecule has 0 spiro atoms. The van der Waals surface area contributed by atoms with Crippen molar-refractivity contribution < 1.29 is 9.72 Å². The molecule has 0 aliphatic carbocycles. The summed E-state index contributed by atoms with van der Waals surface area (Å²) >= 11 is 7.32. The van der Waals surface area contributed by atoms with Crippen molar-refractivity contribution in [2.45, 2.75) is 0 Å². The van der Waals surface area contributed by atoms with E-state index in [2.05, 4.69) is 33.1 Å². The molecule has 76 valence electrons. The fraction of sp³-hybridized carbons (Fsp3) is 0. The molecule has 15 heavy (non-hydrogen) atoms. The van der Waals surface area contributed by atoms with Gasteiger partial charge in [-0.3, -0.25) is 14.9 Å². The number of hydrogen-bond acceptors (Lipinski definition) is 4. The number of hydrogen-bond donors (Lipinski definition) is 0. The van der Waals surface area contributed by atoms with Crippen molar-refractivity contribution in [1.29, 1.82) is 0 Å². The fourth-order valence-electron chi connectivity index (χ4n) is 0.909. The number of nitro groups is 1. The molecule has 0 saturated heterocycles. The fourth-order valence-corrected chi connectivity index (χ4v) is 1.47. The molecule has 0 bridgehead atoms. The second-order valence-corrected chi connectivity index (χ2v) is 3.56. The van der Waals surface area contributed by atoms with Crippen LogP contribution in [0.25, 0.3) is 0 Å². The Morgan fingerprint density at radius 1 is 1.53 bits per heavy atom. The molecule has 0 radical (unpaired) electrons. The van der Waals surface area contributed by atoms with Gasteiger partial charge in [-0.2, -0.15) is 4.99 Å². The minimum absolute atomic E-state index is 0.0911. The van der Waals surface area contributed by atoms with E-state index in [1.54, 1.807) is 0 Å². The topological polar surface area (TPSA) is 72.6 Å². The van der Waals surface area contributed by atoms with Crippen LogP contribution in [-0.4, -0.2) is 16.0 Å². The number of carbonyl (C=O) groups excluding carboxylic acids is 1. The van der Waals surface area contributed by atoms with E-state index in [1.807, 2.05) is 5.16 Å². The number of carbonyl (C=O) groups is 1. The van der Waals surface area contributed by atoms with Gasteiger partial charge in [0, 0.05) is 16.6 Å². The van der Waals surface area contributed by atoms with Gasteiger partial charge in [-0.25, -0.2) is 0 Å². The van der Waals surface area contributed by atoms with Crippen LogP contribution in [0.2, 0.25) is 0 Å². The summed E-state index contributed by atoms with van der Waals surface area (Å²) < 4.78 is 0.430. The molecule has 7 heteroatoms. The van der Waals surface area contributed by atoms with E-state index < -0.39 is 10.8 Å². The third kappa shape index (κ3) is 3.02. The minimum atomic E-state index is -0.658. The van der Waals surface area contributed by atoms with Gasteiger partial charge in [-0.1, -0.05) is 15.9 Å². The lowest BCUT2D eigenvalue weighted by Gasteiger charge is -1.96. The Hall–Kier alpha value is -1.43. The normalized spacial score (nSPS) is 9.13. The van der Waals surface area contributed by atoms with Crippen molar-refractivity contribution in [1.82, 2.24) is 0 Å². The summed E-state index contributed by atoms with van der Waals surface area (Å²) in [5, 5.41) is 12.4. The maximum atomic E-state index is 11.2. The monoisotopic (exact) mass is 286 g/mol. The molecular formula is C8H3BrN2O3S. The van der Waals surface area contributed by atoms with Crippen molar-refractivity contribution in [3.63, 3.8) is 0 Å². The molecule has 1 amide bonds. The number of nitro benzene ring substituents is 1. The number of halogens is 1. The number of nitrogens with zero attached hydrogens (tertiary/aromatic N) is 2. The number of isothiocyanates is 1. The van der Waals surface area contributed by atoms with Crippen molar-refractivity contribution in [3.8, 4) is 0 Å². The summed E-state index contributed by atoms with van der Waals surface area (Å²) in [4.78, 5) is 24.3. The van der Waals surface area contributed by atoms with Gasteiger partial charge in [0.15, 0.2) is 0 Å². The Bertz CT molecular complexity index is 483. The molecule has 1 aromatic carbocycles. The molecule has 0 atom stereocenters. The van der Waals surface area contributed by atoms with Crippen molar-refractivity contribution in [2.24, 2.45) is 4.99 Å². The summed E-state index contributed by atoms with van der Waals surface area (Å²) in [5.41, 5.74) is -0.0966. The van der Waals surface area contributed by atoms with E-state index in [-0.39, 0.29) is 11.3 Å². The number of thiocarbonyl (C=S) groups is 1. The highest BCUT2D eigenvalue weighted by Gasteiger charge is 2.12. The first-order valence-electron chi connectivity index (χ1n) is 3.62. The van der Waals surface area contributed by atoms with Crippen molar-refractivity contribution in [3.05, 3.63) is 38.3 Å². The van der Waals surface area contributed by atoms with Gasteiger partial charge in [0.05, 0.1) is 15.6 Å². The highest BCUT2D eigenvalue weighted by atomic mass is 79.9. The summed E-state index contributed by atoms with van der Waals surface area (Å²) in [6, 6.07) is 3.84. The van der Waals surface area contributed by atoms with E-state index >= 15 is 0 Å². The van der Waals surface area contributed by atoms with Gasteiger partial charge >= 0.3 is 0 Å². The van der Waals surface area contributed by atoms with Crippen LogP contribution in [0.5, 0.6) is 0 Å². The van der Waals surface area contributed by atoms with Crippen LogP contribution in [0.15, 0.2) is 27.7 Å². The first-order valence-corrected chi connectivity index (χ1v) is 4.82. The smallest absolute Gasteiger partial charge is 0.266 e. The van der Waals surface area contributed by atoms with Gasteiger partial charge in [-0.15, -0.1) is 0 Å². The largest absolute Gasteiger partial charge is 0.286 e. The average Bonchev–Trinajstić information content (AvgIpc) is 2.17. The van der Waals surface area contributed by atoms with Crippen LogP contribution in [0.3, 0.4) is 0 Å². The Kier molecular flexibility index (Phi) is 3.79. The van der Waals surface area contributed by atoms with E-state index in [9.17, 15) is 14.9 Å². The van der Waals surface area contributed by atoms with Crippen LogP contribution < -0.4 is 0 Å². The first-order chi connectivity index (χ1) is 7.04. The lowest BCUT2D eigenvalue weighted by Crippen LogP contribution is -1.96. The predicted molar refractivity (Wildman–Crippen MR) is 60.2 cm³/mol. The van der Waals surface area contributed by atoms with Gasteiger partial charge in [0.1, 0.15) is 0 Å². The molecular weight excluding hydrogens is 284 g/mol. The molecule has 0 fully saturated rings. The minimum Gasteiger partial charge on any atom is -0.266 e. The number of rotatable bonds is 2. The Labute approximate surface area is 98.1 Å². The Balaban J connectivity index is 3.25. The zero-order valence-electron chi connectivity index (χ0n) is 7.14. The van der Waals surface area contributed by atoms with Crippen molar-refractivity contribution >= 4 is 44.9 Å². The van der Waals surface area contributed by atoms with Gasteiger partial charge in [-0.05, 0) is 18.3 Å². The number of non-ortho nitro benzene ring substituents is 1. The number of amides is 1. The highest BCUT2D eigenvalue weighted by Crippen LogP contribution is 2.21. The maximum absolute atomic E-state index is 11.2.